The molecule has 0 radical (unpaired) electrons. The van der Waals surface area contributed by atoms with Crippen molar-refractivity contribution in [2.45, 2.75) is 25.7 Å². The number of carbonyl (C=O) groups excluding carboxylic acids is 1. The van der Waals surface area contributed by atoms with E-state index < -0.39 is 0 Å². The van der Waals surface area contributed by atoms with Crippen molar-refractivity contribution in [2.24, 2.45) is 0 Å². The van der Waals surface area contributed by atoms with Crippen LogP contribution in [0.25, 0.3) is 0 Å². The van der Waals surface area contributed by atoms with Crippen LogP contribution in [0.5, 0.6) is 11.5 Å². The van der Waals surface area contributed by atoms with Gasteiger partial charge in [0.25, 0.3) is 0 Å². The third-order valence-corrected chi connectivity index (χ3v) is 3.82. The molecule has 0 spiro atoms. The molecule has 20 heavy (non-hydrogen) atoms. The molecule has 0 bridgehead atoms. The van der Waals surface area contributed by atoms with Crippen molar-refractivity contribution in [3.8, 4) is 11.5 Å². The highest BCUT2D eigenvalue weighted by atomic mass is 79.9. The van der Waals surface area contributed by atoms with Crippen LogP contribution >= 0.6 is 31.9 Å². The molecule has 1 aromatic rings. The quantitative estimate of drug-likeness (QED) is 0.305. The van der Waals surface area contributed by atoms with Gasteiger partial charge in [-0.1, -0.05) is 31.9 Å². The number of carbonyl (C=O) groups is 1. The normalized spacial score (nSPS) is 10.3. The van der Waals surface area contributed by atoms with Crippen molar-refractivity contribution in [1.82, 2.24) is 0 Å². The second kappa shape index (κ2) is 11.1. The molecule has 0 N–H and O–H groups in total. The Bertz CT molecular complexity index is 397. The minimum Gasteiger partial charge on any atom is -0.493 e. The van der Waals surface area contributed by atoms with Crippen LogP contribution in [0.3, 0.4) is 0 Å². The van der Waals surface area contributed by atoms with E-state index in [0.717, 1.165) is 48.4 Å². The lowest BCUT2D eigenvalue weighted by atomic mass is 10.2. The predicted octanol–water partition coefficient (Wildman–Crippen LogP) is 4.61. The van der Waals surface area contributed by atoms with Crippen LogP contribution in [0.2, 0.25) is 0 Å². The number of aldehydes is 1. The molecular weight excluding hydrogens is 388 g/mol. The summed E-state index contributed by atoms with van der Waals surface area (Å²) in [5, 5.41) is 1.95. The van der Waals surface area contributed by atoms with Gasteiger partial charge in [-0.3, -0.25) is 4.79 Å². The fourth-order valence-electron chi connectivity index (χ4n) is 1.59. The maximum absolute atomic E-state index is 11.0. The molecule has 1 rings (SSSR count). The molecule has 5 heteroatoms. The van der Waals surface area contributed by atoms with Crippen molar-refractivity contribution in [3.05, 3.63) is 23.8 Å². The third-order valence-electron chi connectivity index (χ3n) is 2.69. The van der Waals surface area contributed by atoms with Gasteiger partial charge in [0.15, 0.2) is 6.29 Å². The highest BCUT2D eigenvalue weighted by molar-refractivity contribution is 9.09. The van der Waals surface area contributed by atoms with Crippen LogP contribution in [0, 0.1) is 0 Å². The van der Waals surface area contributed by atoms with Crippen molar-refractivity contribution >= 4 is 38.1 Å². The molecule has 0 heterocycles. The summed E-state index contributed by atoms with van der Waals surface area (Å²) >= 11 is 6.77. The maximum atomic E-state index is 11.0. The Balaban J connectivity index is 2.53. The van der Waals surface area contributed by atoms with Crippen LogP contribution < -0.4 is 9.47 Å². The summed E-state index contributed by atoms with van der Waals surface area (Å²) in [6.45, 7) is 1.29. The smallest absolute Gasteiger partial charge is 0.153 e. The minimum absolute atomic E-state index is 0.566. The molecular formula is C15H20Br2O3. The fraction of sp³-hybridized carbons (Fsp3) is 0.533. The maximum Gasteiger partial charge on any atom is 0.153 e. The lowest BCUT2D eigenvalue weighted by Gasteiger charge is -2.11. The van der Waals surface area contributed by atoms with E-state index in [2.05, 4.69) is 31.9 Å². The van der Waals surface area contributed by atoms with Crippen molar-refractivity contribution in [1.29, 1.82) is 0 Å². The Kier molecular flexibility index (Phi) is 9.75. The number of rotatable bonds is 11. The number of hydrogen-bond acceptors (Lipinski definition) is 3. The molecule has 0 atom stereocenters. The van der Waals surface area contributed by atoms with Crippen molar-refractivity contribution in [2.75, 3.05) is 23.9 Å². The van der Waals surface area contributed by atoms with Crippen molar-refractivity contribution in [3.63, 3.8) is 0 Å². The fourth-order valence-corrected chi connectivity index (χ4v) is 2.39. The largest absolute Gasteiger partial charge is 0.493 e. The minimum atomic E-state index is 0.566. The Morgan fingerprint density at radius 1 is 0.950 bits per heavy atom. The van der Waals surface area contributed by atoms with E-state index in [1.165, 1.54) is 0 Å². The summed E-state index contributed by atoms with van der Waals surface area (Å²) in [5.74, 6) is 1.35. The van der Waals surface area contributed by atoms with Gasteiger partial charge in [-0.05, 0) is 37.8 Å². The van der Waals surface area contributed by atoms with Gasteiger partial charge in [0.05, 0.1) is 18.8 Å². The van der Waals surface area contributed by atoms with Gasteiger partial charge in [0.2, 0.25) is 0 Å². The van der Waals surface area contributed by atoms with E-state index in [-0.39, 0.29) is 0 Å². The number of halogens is 2. The lowest BCUT2D eigenvalue weighted by molar-refractivity contribution is 0.111. The Hall–Kier alpha value is -0.550. The number of alkyl halides is 2. The van der Waals surface area contributed by atoms with Gasteiger partial charge in [-0.25, -0.2) is 0 Å². The van der Waals surface area contributed by atoms with Gasteiger partial charge >= 0.3 is 0 Å². The van der Waals surface area contributed by atoms with E-state index in [1.807, 2.05) is 6.07 Å². The van der Waals surface area contributed by atoms with E-state index >= 15 is 0 Å². The van der Waals surface area contributed by atoms with Gasteiger partial charge in [0, 0.05) is 16.7 Å². The molecule has 0 aliphatic rings. The highest BCUT2D eigenvalue weighted by Gasteiger charge is 2.05. The first kappa shape index (κ1) is 17.5. The molecule has 112 valence electrons. The van der Waals surface area contributed by atoms with Crippen LogP contribution in [-0.2, 0) is 0 Å². The molecule has 0 amide bonds. The molecule has 0 aliphatic heterocycles. The standard InChI is InChI=1S/C15H20Br2O3/c16-7-1-3-9-19-14-6-5-13(12-18)15(11-14)20-10-4-2-8-17/h5-6,11-12H,1-4,7-10H2. The van der Waals surface area contributed by atoms with Gasteiger partial charge < -0.3 is 9.47 Å². The Labute approximate surface area is 137 Å². The molecule has 0 saturated carbocycles. The zero-order valence-corrected chi connectivity index (χ0v) is 14.6. The first-order valence-electron chi connectivity index (χ1n) is 6.78. The summed E-state index contributed by atoms with van der Waals surface area (Å²) in [7, 11) is 0. The molecule has 0 aromatic heterocycles. The Morgan fingerprint density at radius 3 is 2.20 bits per heavy atom. The Morgan fingerprint density at radius 2 is 1.60 bits per heavy atom. The number of ether oxygens (including phenoxy) is 2. The zero-order chi connectivity index (χ0) is 14.6. The first-order chi connectivity index (χ1) is 9.81. The highest BCUT2D eigenvalue weighted by Crippen LogP contribution is 2.24. The van der Waals surface area contributed by atoms with E-state index in [4.69, 9.17) is 9.47 Å². The number of unbranched alkanes of at least 4 members (excludes halogenated alkanes) is 2. The number of hydrogen-bond donors (Lipinski definition) is 0. The molecule has 1 aromatic carbocycles. The van der Waals surface area contributed by atoms with Crippen LogP contribution in [0.4, 0.5) is 0 Å². The van der Waals surface area contributed by atoms with E-state index in [1.54, 1.807) is 12.1 Å². The summed E-state index contributed by atoms with van der Waals surface area (Å²) in [5.41, 5.74) is 0.566. The summed E-state index contributed by atoms with van der Waals surface area (Å²) in [6.07, 6.45) is 4.91. The first-order valence-corrected chi connectivity index (χ1v) is 9.03. The predicted molar refractivity (Wildman–Crippen MR) is 88.9 cm³/mol. The molecule has 0 fully saturated rings. The average molecular weight is 408 g/mol. The molecule has 3 nitrogen and oxygen atoms in total. The summed E-state index contributed by atoms with van der Waals surface area (Å²) in [6, 6.07) is 5.35. The SMILES string of the molecule is O=Cc1ccc(OCCCCBr)cc1OCCCCBr. The summed E-state index contributed by atoms with van der Waals surface area (Å²) in [4.78, 5) is 11.0. The monoisotopic (exact) mass is 406 g/mol. The number of benzene rings is 1. The average Bonchev–Trinajstić information content (AvgIpc) is 2.48. The van der Waals surface area contributed by atoms with E-state index in [9.17, 15) is 4.79 Å². The third kappa shape index (κ3) is 6.75. The topological polar surface area (TPSA) is 35.5 Å². The van der Waals surface area contributed by atoms with Gasteiger partial charge in [-0.15, -0.1) is 0 Å². The molecule has 0 aliphatic carbocycles. The van der Waals surface area contributed by atoms with Crippen LogP contribution in [0.15, 0.2) is 18.2 Å². The molecule has 0 unspecified atom stereocenters. The van der Waals surface area contributed by atoms with Crippen LogP contribution in [0.1, 0.15) is 36.0 Å². The molecule has 0 saturated heterocycles. The van der Waals surface area contributed by atoms with E-state index in [0.29, 0.717) is 24.5 Å². The summed E-state index contributed by atoms with van der Waals surface area (Å²) < 4.78 is 11.3. The van der Waals surface area contributed by atoms with Gasteiger partial charge in [0.1, 0.15) is 11.5 Å². The van der Waals surface area contributed by atoms with Crippen molar-refractivity contribution < 1.29 is 14.3 Å². The second-order valence-corrected chi connectivity index (χ2v) is 5.89. The zero-order valence-electron chi connectivity index (χ0n) is 11.4. The van der Waals surface area contributed by atoms with Crippen LogP contribution in [-0.4, -0.2) is 30.2 Å². The lowest BCUT2D eigenvalue weighted by Crippen LogP contribution is -2.02. The van der Waals surface area contributed by atoms with Gasteiger partial charge in [-0.2, -0.15) is 0 Å². The second-order valence-electron chi connectivity index (χ2n) is 4.31.